The molecule has 0 spiro atoms. The molecule has 170 valence electrons. The van der Waals surface area contributed by atoms with E-state index in [1.54, 1.807) is 13.0 Å². The molecule has 1 saturated heterocycles. The SMILES string of the molecule is CCOc1cc(/C=N\N2C(=O)[C@@H]3C4c5ccccc5C(c5ccccc54)[C@H]3C2=O)cc(Cl)c1O. The van der Waals surface area contributed by atoms with E-state index in [0.29, 0.717) is 12.2 Å². The molecule has 6 nitrogen and oxygen atoms in total. The summed E-state index contributed by atoms with van der Waals surface area (Å²) in [4.78, 5) is 27.1. The van der Waals surface area contributed by atoms with Crippen LogP contribution in [0, 0.1) is 11.8 Å². The van der Waals surface area contributed by atoms with Gasteiger partial charge in [0, 0.05) is 11.8 Å². The molecular formula is C27H21ClN2O4. The standard InChI is InChI=1S/C27H21ClN2O4/c1-2-34-20-12-14(11-19(28)25(20)31)13-29-30-26(32)23-21-15-7-3-4-8-16(15)22(24(23)27(30)33)18-10-6-5-9-17(18)21/h3-13,21-24,31H,2H2,1H3/b29-13-/t21?,22?,23-,24-/m1/s1. The predicted octanol–water partition coefficient (Wildman–Crippen LogP) is 4.67. The molecular weight excluding hydrogens is 452 g/mol. The van der Waals surface area contributed by atoms with Gasteiger partial charge >= 0.3 is 0 Å². The monoisotopic (exact) mass is 472 g/mol. The highest BCUT2D eigenvalue weighted by Gasteiger charge is 2.61. The molecule has 3 aromatic rings. The highest BCUT2D eigenvalue weighted by atomic mass is 35.5. The van der Waals surface area contributed by atoms with Crippen LogP contribution in [0.2, 0.25) is 5.02 Å². The van der Waals surface area contributed by atoms with E-state index < -0.39 is 11.8 Å². The van der Waals surface area contributed by atoms with Crippen molar-refractivity contribution in [1.29, 1.82) is 0 Å². The number of aromatic hydroxyl groups is 1. The second kappa shape index (κ2) is 7.71. The number of phenolic OH excluding ortho intramolecular Hbond substituents is 1. The molecule has 0 saturated carbocycles. The Hall–Kier alpha value is -3.64. The quantitative estimate of drug-likeness (QED) is 0.442. The number of hydrogen-bond acceptors (Lipinski definition) is 5. The highest BCUT2D eigenvalue weighted by molar-refractivity contribution is 6.32. The van der Waals surface area contributed by atoms with Crippen molar-refractivity contribution in [1.82, 2.24) is 5.01 Å². The van der Waals surface area contributed by atoms with Gasteiger partial charge in [0.15, 0.2) is 11.5 Å². The average molecular weight is 473 g/mol. The molecule has 3 aromatic carbocycles. The van der Waals surface area contributed by atoms with Gasteiger partial charge in [-0.25, -0.2) is 0 Å². The molecule has 2 amide bonds. The van der Waals surface area contributed by atoms with E-state index in [9.17, 15) is 14.7 Å². The number of carbonyl (C=O) groups is 2. The van der Waals surface area contributed by atoms with Crippen molar-refractivity contribution in [2.24, 2.45) is 16.9 Å². The fourth-order valence-corrected chi connectivity index (χ4v) is 6.05. The number of rotatable bonds is 4. The van der Waals surface area contributed by atoms with Crippen LogP contribution in [0.25, 0.3) is 0 Å². The van der Waals surface area contributed by atoms with Gasteiger partial charge in [-0.1, -0.05) is 60.1 Å². The lowest BCUT2D eigenvalue weighted by atomic mass is 9.55. The zero-order valence-electron chi connectivity index (χ0n) is 18.3. The summed E-state index contributed by atoms with van der Waals surface area (Å²) in [6.45, 7) is 2.14. The van der Waals surface area contributed by atoms with Gasteiger partial charge in [0.25, 0.3) is 11.8 Å². The van der Waals surface area contributed by atoms with Gasteiger partial charge in [0.2, 0.25) is 0 Å². The molecule has 2 bridgehead atoms. The molecule has 0 unspecified atom stereocenters. The average Bonchev–Trinajstić information content (AvgIpc) is 3.11. The minimum absolute atomic E-state index is 0.101. The summed E-state index contributed by atoms with van der Waals surface area (Å²) in [6, 6.07) is 19.3. The van der Waals surface area contributed by atoms with E-state index in [0.717, 1.165) is 27.3 Å². The molecule has 7 heteroatoms. The van der Waals surface area contributed by atoms with E-state index >= 15 is 0 Å². The van der Waals surface area contributed by atoms with Gasteiger partial charge < -0.3 is 9.84 Å². The highest BCUT2D eigenvalue weighted by Crippen LogP contribution is 2.60. The van der Waals surface area contributed by atoms with Gasteiger partial charge in [-0.3, -0.25) is 9.59 Å². The van der Waals surface area contributed by atoms with Crippen LogP contribution in [0.3, 0.4) is 0 Å². The van der Waals surface area contributed by atoms with Gasteiger partial charge in [0.05, 0.1) is 29.7 Å². The Morgan fingerprint density at radius 2 is 1.44 bits per heavy atom. The van der Waals surface area contributed by atoms with Crippen molar-refractivity contribution >= 4 is 29.6 Å². The van der Waals surface area contributed by atoms with Crippen molar-refractivity contribution in [3.63, 3.8) is 0 Å². The van der Waals surface area contributed by atoms with Crippen LogP contribution in [-0.4, -0.2) is 34.8 Å². The van der Waals surface area contributed by atoms with Crippen molar-refractivity contribution in [3.05, 3.63) is 93.5 Å². The van der Waals surface area contributed by atoms with Gasteiger partial charge in [-0.15, -0.1) is 0 Å². The number of nitrogens with zero attached hydrogens (tertiary/aromatic N) is 2. The Morgan fingerprint density at radius 3 is 1.91 bits per heavy atom. The van der Waals surface area contributed by atoms with Crippen LogP contribution in [0.5, 0.6) is 11.5 Å². The third-order valence-electron chi connectivity index (χ3n) is 7.10. The Bertz CT molecular complexity index is 1270. The molecule has 2 atom stereocenters. The van der Waals surface area contributed by atoms with Crippen LogP contribution >= 0.6 is 11.6 Å². The summed E-state index contributed by atoms with van der Waals surface area (Å²) in [5.74, 6) is -1.84. The lowest BCUT2D eigenvalue weighted by molar-refractivity contribution is -0.139. The number of halogens is 1. The summed E-state index contributed by atoms with van der Waals surface area (Å²) in [6.07, 6.45) is 1.41. The number of hydrazone groups is 1. The Kier molecular flexibility index (Phi) is 4.74. The molecule has 3 aliphatic carbocycles. The first-order valence-corrected chi connectivity index (χ1v) is 11.6. The molecule has 1 N–H and O–H groups in total. The maximum Gasteiger partial charge on any atom is 0.254 e. The van der Waals surface area contributed by atoms with E-state index in [-0.39, 0.29) is 40.2 Å². The number of ether oxygens (including phenoxy) is 1. The predicted molar refractivity (Wildman–Crippen MR) is 127 cm³/mol. The third-order valence-corrected chi connectivity index (χ3v) is 7.39. The van der Waals surface area contributed by atoms with Crippen molar-refractivity contribution in [2.75, 3.05) is 6.61 Å². The molecule has 0 radical (unpaired) electrons. The topological polar surface area (TPSA) is 79.2 Å². The van der Waals surface area contributed by atoms with Gasteiger partial charge in [0.1, 0.15) is 0 Å². The van der Waals surface area contributed by atoms with Crippen LogP contribution in [-0.2, 0) is 9.59 Å². The number of amides is 2. The Balaban J connectivity index is 1.40. The van der Waals surface area contributed by atoms with Crippen molar-refractivity contribution in [3.8, 4) is 11.5 Å². The third kappa shape index (κ3) is 2.85. The van der Waals surface area contributed by atoms with Gasteiger partial charge in [-0.2, -0.15) is 10.1 Å². The minimum Gasteiger partial charge on any atom is -0.503 e. The first-order valence-electron chi connectivity index (χ1n) is 11.3. The first kappa shape index (κ1) is 20.9. The van der Waals surface area contributed by atoms with Crippen LogP contribution < -0.4 is 4.74 Å². The van der Waals surface area contributed by atoms with Crippen LogP contribution in [0.4, 0.5) is 0 Å². The summed E-state index contributed by atoms with van der Waals surface area (Å²) in [5.41, 5.74) is 4.98. The van der Waals surface area contributed by atoms with Crippen LogP contribution in [0.15, 0.2) is 65.8 Å². The second-order valence-corrected chi connectivity index (χ2v) is 9.19. The number of hydrogen-bond donors (Lipinski definition) is 1. The van der Waals surface area contributed by atoms with E-state index in [4.69, 9.17) is 16.3 Å². The molecule has 1 aliphatic heterocycles. The largest absolute Gasteiger partial charge is 0.503 e. The first-order chi connectivity index (χ1) is 16.5. The summed E-state index contributed by atoms with van der Waals surface area (Å²) in [5, 5.41) is 15.5. The van der Waals surface area contributed by atoms with E-state index in [1.807, 2.05) is 24.3 Å². The second-order valence-electron chi connectivity index (χ2n) is 8.78. The summed E-state index contributed by atoms with van der Waals surface area (Å²) >= 11 is 6.12. The zero-order valence-corrected chi connectivity index (χ0v) is 19.1. The number of phenols is 1. The molecule has 0 aromatic heterocycles. The van der Waals surface area contributed by atoms with Gasteiger partial charge in [-0.05, 0) is 46.9 Å². The smallest absolute Gasteiger partial charge is 0.254 e. The molecule has 7 rings (SSSR count). The molecule has 34 heavy (non-hydrogen) atoms. The molecule has 4 aliphatic rings. The van der Waals surface area contributed by atoms with E-state index in [1.165, 1.54) is 12.3 Å². The number of carbonyl (C=O) groups excluding carboxylic acids is 2. The number of benzene rings is 3. The summed E-state index contributed by atoms with van der Waals surface area (Å²) < 4.78 is 5.41. The fraction of sp³-hybridized carbons (Fsp3) is 0.222. The van der Waals surface area contributed by atoms with Crippen LogP contribution in [0.1, 0.15) is 46.6 Å². The summed E-state index contributed by atoms with van der Waals surface area (Å²) in [7, 11) is 0. The molecule has 1 heterocycles. The van der Waals surface area contributed by atoms with Crippen molar-refractivity contribution in [2.45, 2.75) is 18.8 Å². The maximum absolute atomic E-state index is 13.6. The Labute approximate surface area is 201 Å². The lowest BCUT2D eigenvalue weighted by Crippen LogP contribution is -2.41. The lowest BCUT2D eigenvalue weighted by Gasteiger charge is -2.45. The maximum atomic E-state index is 13.6. The number of imide groups is 1. The van der Waals surface area contributed by atoms with E-state index in [2.05, 4.69) is 29.4 Å². The zero-order chi connectivity index (χ0) is 23.6. The van der Waals surface area contributed by atoms with Crippen molar-refractivity contribution < 1.29 is 19.4 Å². The minimum atomic E-state index is -0.484. The fourth-order valence-electron chi connectivity index (χ4n) is 5.83. The Morgan fingerprint density at radius 1 is 0.941 bits per heavy atom. The molecule has 1 fully saturated rings. The normalized spacial score (nSPS) is 24.4.